The minimum atomic E-state index is -4.04. The molecule has 0 aromatic carbocycles. The van der Waals surface area contributed by atoms with Crippen LogP contribution >= 0.6 is 11.3 Å². The van der Waals surface area contributed by atoms with Crippen LogP contribution in [0.2, 0.25) is 0 Å². The van der Waals surface area contributed by atoms with Crippen LogP contribution in [0.3, 0.4) is 0 Å². The fourth-order valence-electron chi connectivity index (χ4n) is 1.74. The van der Waals surface area contributed by atoms with Crippen LogP contribution in [-0.2, 0) is 19.2 Å². The molecular weight excluding hydrogens is 352 g/mol. The smallest absolute Gasteiger partial charge is 0.286 e. The number of thiophene rings is 1. The summed E-state index contributed by atoms with van der Waals surface area (Å²) in [6, 6.07) is 5.10. The van der Waals surface area contributed by atoms with Crippen molar-refractivity contribution in [2.75, 3.05) is 6.26 Å². The summed E-state index contributed by atoms with van der Waals surface area (Å²) in [5.41, 5.74) is 6.56. The summed E-state index contributed by atoms with van der Waals surface area (Å²) < 4.78 is 27.2. The van der Waals surface area contributed by atoms with E-state index in [0.29, 0.717) is 11.1 Å². The minimum Gasteiger partial charge on any atom is -0.368 e. The van der Waals surface area contributed by atoms with E-state index in [1.807, 2.05) is 0 Å². The zero-order valence-electron chi connectivity index (χ0n) is 12.5. The predicted molar refractivity (Wildman–Crippen MR) is 91.1 cm³/mol. The maximum atomic E-state index is 12.7. The van der Waals surface area contributed by atoms with Crippen molar-refractivity contribution < 1.29 is 17.5 Å². The fourth-order valence-corrected chi connectivity index (χ4v) is 2.82. The molecule has 0 spiro atoms. The molecule has 0 unspecified atom stereocenters. The minimum absolute atomic E-state index is 0.114. The highest BCUT2D eigenvalue weighted by Crippen LogP contribution is 2.23. The summed E-state index contributed by atoms with van der Waals surface area (Å²) >= 11 is 1.36. The number of aromatic nitrogens is 1. The summed E-state index contributed by atoms with van der Waals surface area (Å²) in [6.07, 6.45) is 5.39. The van der Waals surface area contributed by atoms with E-state index >= 15 is 0 Å². The Bertz CT molecular complexity index is 861. The molecule has 8 nitrogen and oxygen atoms in total. The van der Waals surface area contributed by atoms with Gasteiger partial charge in [0.05, 0.1) is 11.8 Å². The van der Waals surface area contributed by atoms with E-state index in [-0.39, 0.29) is 10.6 Å². The molecule has 3 N–H and O–H groups in total. The fraction of sp³-hybridized carbons (Fsp3) is 0.0714. The van der Waals surface area contributed by atoms with Gasteiger partial charge in [-0.15, -0.1) is 9.35 Å². The van der Waals surface area contributed by atoms with Crippen molar-refractivity contribution in [2.45, 2.75) is 0 Å². The number of nitrogens with zero attached hydrogens (tertiary/aromatic N) is 2. The number of nitrogens with two attached hydrogens (primary N) is 1. The zero-order chi connectivity index (χ0) is 17.7. The molecular formula is C14H14N4O4S2. The van der Waals surface area contributed by atoms with Gasteiger partial charge in [-0.3, -0.25) is 15.2 Å². The summed E-state index contributed by atoms with van der Waals surface area (Å²) in [7, 11) is -4.04. The summed E-state index contributed by atoms with van der Waals surface area (Å²) in [5.74, 6) is -1.73. The standard InChI is InChI=1S/C14H14N4O4S2/c1-24(20,21)22-18(14(15)16)13(19)12(11-4-6-23-9-11)7-10-3-2-5-17-8-10/h2-9H,1H3,(H3,15,16)/b12-7+. The molecule has 2 rings (SSSR count). The van der Waals surface area contributed by atoms with Gasteiger partial charge in [0, 0.05) is 12.4 Å². The second-order valence-electron chi connectivity index (χ2n) is 4.62. The first kappa shape index (κ1) is 17.8. The van der Waals surface area contributed by atoms with E-state index in [0.717, 1.165) is 6.26 Å². The number of hydrogen-bond acceptors (Lipinski definition) is 7. The van der Waals surface area contributed by atoms with Gasteiger partial charge in [-0.2, -0.15) is 19.8 Å². The Balaban J connectivity index is 2.48. The van der Waals surface area contributed by atoms with Crippen molar-refractivity contribution in [1.82, 2.24) is 10.0 Å². The van der Waals surface area contributed by atoms with Crippen LogP contribution in [0.25, 0.3) is 11.6 Å². The molecule has 0 atom stereocenters. The number of hydrogen-bond donors (Lipinski definition) is 2. The summed E-state index contributed by atoms with van der Waals surface area (Å²) in [5, 5.41) is 11.1. The Kier molecular flexibility index (Phi) is 5.44. The van der Waals surface area contributed by atoms with E-state index in [9.17, 15) is 13.2 Å². The first-order chi connectivity index (χ1) is 11.3. The first-order valence-corrected chi connectivity index (χ1v) is 9.26. The van der Waals surface area contributed by atoms with Crippen LogP contribution in [0.1, 0.15) is 11.1 Å². The van der Waals surface area contributed by atoms with E-state index in [1.165, 1.54) is 23.6 Å². The topological polar surface area (TPSA) is 126 Å². The second-order valence-corrected chi connectivity index (χ2v) is 6.96. The molecule has 0 saturated carbocycles. The molecule has 0 aliphatic rings. The van der Waals surface area contributed by atoms with E-state index in [1.54, 1.807) is 35.2 Å². The molecule has 1 amide bonds. The van der Waals surface area contributed by atoms with Crippen molar-refractivity contribution in [2.24, 2.45) is 5.73 Å². The SMILES string of the molecule is CS(=O)(=O)ON(C(=N)N)C(=O)/C(=C/c1cccnc1)c1ccsc1. The van der Waals surface area contributed by atoms with Crippen molar-refractivity contribution in [3.05, 3.63) is 52.5 Å². The Labute approximate surface area is 142 Å². The van der Waals surface area contributed by atoms with Crippen molar-refractivity contribution in [3.63, 3.8) is 0 Å². The van der Waals surface area contributed by atoms with Gasteiger partial charge >= 0.3 is 0 Å². The van der Waals surface area contributed by atoms with Crippen LogP contribution in [-0.4, -0.2) is 36.6 Å². The third-order valence-electron chi connectivity index (χ3n) is 2.67. The van der Waals surface area contributed by atoms with Gasteiger partial charge in [0.25, 0.3) is 16.0 Å². The van der Waals surface area contributed by atoms with E-state index in [2.05, 4.69) is 9.27 Å². The molecule has 0 radical (unpaired) electrons. The first-order valence-electron chi connectivity index (χ1n) is 6.50. The Morgan fingerprint density at radius 2 is 2.21 bits per heavy atom. The molecule has 0 aliphatic carbocycles. The number of carbonyl (C=O) groups excluding carboxylic acids is 1. The number of amides is 1. The molecule has 0 fully saturated rings. The summed E-state index contributed by atoms with van der Waals surface area (Å²) in [6.45, 7) is 0. The van der Waals surface area contributed by atoms with Crippen LogP contribution in [0.5, 0.6) is 0 Å². The molecule has 10 heteroatoms. The van der Waals surface area contributed by atoms with Gasteiger partial charge in [0.2, 0.25) is 5.96 Å². The normalized spacial score (nSPS) is 12.0. The van der Waals surface area contributed by atoms with Crippen LogP contribution in [0.15, 0.2) is 41.4 Å². The van der Waals surface area contributed by atoms with Gasteiger partial charge in [-0.25, -0.2) is 0 Å². The lowest BCUT2D eigenvalue weighted by atomic mass is 10.1. The molecule has 0 saturated heterocycles. The van der Waals surface area contributed by atoms with Crippen LogP contribution in [0, 0.1) is 5.41 Å². The maximum Gasteiger partial charge on any atom is 0.286 e. The maximum absolute atomic E-state index is 12.7. The summed E-state index contributed by atoms with van der Waals surface area (Å²) in [4.78, 5) is 16.7. The Morgan fingerprint density at radius 1 is 1.46 bits per heavy atom. The zero-order valence-corrected chi connectivity index (χ0v) is 14.2. The second kappa shape index (κ2) is 7.34. The van der Waals surface area contributed by atoms with Crippen LogP contribution in [0.4, 0.5) is 0 Å². The van der Waals surface area contributed by atoms with Crippen molar-refractivity contribution >= 4 is 45.0 Å². The molecule has 2 aromatic rings. The molecule has 126 valence electrons. The van der Waals surface area contributed by atoms with Gasteiger partial charge in [0.1, 0.15) is 0 Å². The lowest BCUT2D eigenvalue weighted by Crippen LogP contribution is -2.42. The number of rotatable bonds is 5. The number of pyridine rings is 1. The quantitative estimate of drug-likeness (QED) is 0.355. The lowest BCUT2D eigenvalue weighted by molar-refractivity contribution is -0.137. The van der Waals surface area contributed by atoms with Gasteiger partial charge in [0.15, 0.2) is 0 Å². The van der Waals surface area contributed by atoms with E-state index in [4.69, 9.17) is 11.1 Å². The number of carbonyl (C=O) groups is 1. The lowest BCUT2D eigenvalue weighted by Gasteiger charge is -2.19. The van der Waals surface area contributed by atoms with Crippen molar-refractivity contribution in [3.8, 4) is 0 Å². The average Bonchev–Trinajstić information content (AvgIpc) is 3.03. The largest absolute Gasteiger partial charge is 0.368 e. The molecule has 2 heterocycles. The highest BCUT2D eigenvalue weighted by molar-refractivity contribution is 7.85. The van der Waals surface area contributed by atoms with Gasteiger partial charge in [-0.1, -0.05) is 6.07 Å². The third kappa shape index (κ3) is 4.72. The van der Waals surface area contributed by atoms with Gasteiger partial charge < -0.3 is 5.73 Å². The highest BCUT2D eigenvalue weighted by Gasteiger charge is 2.27. The molecule has 0 bridgehead atoms. The average molecular weight is 366 g/mol. The Morgan fingerprint density at radius 3 is 2.71 bits per heavy atom. The van der Waals surface area contributed by atoms with Crippen molar-refractivity contribution in [1.29, 1.82) is 5.41 Å². The third-order valence-corrected chi connectivity index (χ3v) is 3.77. The number of hydroxylamine groups is 2. The van der Waals surface area contributed by atoms with E-state index < -0.39 is 22.0 Å². The van der Waals surface area contributed by atoms with Gasteiger partial charge in [-0.05, 0) is 40.1 Å². The Hall–Kier alpha value is -2.56. The molecule has 24 heavy (non-hydrogen) atoms. The molecule has 2 aromatic heterocycles. The number of nitrogens with one attached hydrogen (secondary N) is 1. The monoisotopic (exact) mass is 366 g/mol. The number of guanidine groups is 1. The highest BCUT2D eigenvalue weighted by atomic mass is 32.2. The molecule has 0 aliphatic heterocycles. The van der Waals surface area contributed by atoms with Crippen LogP contribution < -0.4 is 5.73 Å². The predicted octanol–water partition coefficient (Wildman–Crippen LogP) is 1.30.